The highest BCUT2D eigenvalue weighted by Crippen LogP contribution is 2.39. The highest BCUT2D eigenvalue weighted by atomic mass is 35.5. The number of benzene rings is 1. The minimum Gasteiger partial charge on any atom is -0.492 e. The fraction of sp³-hybridized carbons (Fsp3) is 0.647. The van der Waals surface area contributed by atoms with Crippen molar-refractivity contribution in [2.75, 3.05) is 13.2 Å². The van der Waals surface area contributed by atoms with Crippen molar-refractivity contribution < 1.29 is 4.74 Å². The maximum atomic E-state index is 6.31. The van der Waals surface area contributed by atoms with Crippen LogP contribution in [0.5, 0.6) is 5.75 Å². The maximum Gasteiger partial charge on any atom is 0.137 e. The molecular formula is C17H26ClNO. The van der Waals surface area contributed by atoms with Crippen LogP contribution in [0.1, 0.15) is 51.0 Å². The summed E-state index contributed by atoms with van der Waals surface area (Å²) in [6.45, 7) is 5.65. The molecule has 1 aliphatic carbocycles. The monoisotopic (exact) mass is 295 g/mol. The van der Waals surface area contributed by atoms with Crippen molar-refractivity contribution in [3.8, 4) is 5.75 Å². The van der Waals surface area contributed by atoms with E-state index in [2.05, 4.69) is 13.0 Å². The Hall–Kier alpha value is -0.730. The molecular weight excluding hydrogens is 270 g/mol. The molecule has 1 aliphatic rings. The van der Waals surface area contributed by atoms with Crippen molar-refractivity contribution in [3.63, 3.8) is 0 Å². The van der Waals surface area contributed by atoms with Gasteiger partial charge in [0.15, 0.2) is 0 Å². The molecule has 0 aliphatic heterocycles. The quantitative estimate of drug-likeness (QED) is 0.861. The fourth-order valence-electron chi connectivity index (χ4n) is 3.31. The summed E-state index contributed by atoms with van der Waals surface area (Å²) in [4.78, 5) is 0. The summed E-state index contributed by atoms with van der Waals surface area (Å²) < 4.78 is 5.50. The molecule has 0 radical (unpaired) electrons. The zero-order valence-corrected chi connectivity index (χ0v) is 13.3. The zero-order valence-electron chi connectivity index (χ0n) is 12.6. The van der Waals surface area contributed by atoms with E-state index in [0.29, 0.717) is 30.0 Å². The Labute approximate surface area is 127 Å². The first-order valence-electron chi connectivity index (χ1n) is 7.78. The van der Waals surface area contributed by atoms with E-state index in [1.165, 1.54) is 31.2 Å². The highest BCUT2D eigenvalue weighted by molar-refractivity contribution is 6.32. The average Bonchev–Trinajstić information content (AvgIpc) is 2.45. The first kappa shape index (κ1) is 15.7. The van der Waals surface area contributed by atoms with Crippen LogP contribution in [0, 0.1) is 11.8 Å². The van der Waals surface area contributed by atoms with Gasteiger partial charge in [-0.1, -0.05) is 37.4 Å². The van der Waals surface area contributed by atoms with Gasteiger partial charge in [-0.05, 0) is 61.8 Å². The standard InChI is InChI=1S/C17H26ClNO/c1-3-20-17-9-8-14(10-16(17)18)15(11-19)13-6-4-12(2)5-7-13/h8-10,12-13,15H,3-7,11,19H2,1-2H3. The summed E-state index contributed by atoms with van der Waals surface area (Å²) in [5.74, 6) is 2.76. The SMILES string of the molecule is CCOc1ccc(C(CN)C2CCC(C)CC2)cc1Cl. The van der Waals surface area contributed by atoms with Gasteiger partial charge in [0.1, 0.15) is 5.75 Å². The minimum atomic E-state index is 0.427. The highest BCUT2D eigenvalue weighted by Gasteiger charge is 2.26. The number of hydrogen-bond acceptors (Lipinski definition) is 2. The molecule has 0 heterocycles. The Morgan fingerprint density at radius 2 is 2.00 bits per heavy atom. The summed E-state index contributed by atoms with van der Waals surface area (Å²) in [5, 5.41) is 0.701. The average molecular weight is 296 g/mol. The van der Waals surface area contributed by atoms with Gasteiger partial charge < -0.3 is 10.5 Å². The number of ether oxygens (including phenoxy) is 1. The second kappa shape index (κ2) is 7.33. The van der Waals surface area contributed by atoms with Crippen LogP contribution in [-0.2, 0) is 0 Å². The van der Waals surface area contributed by atoms with E-state index < -0.39 is 0 Å². The van der Waals surface area contributed by atoms with Crippen LogP contribution in [0.4, 0.5) is 0 Å². The molecule has 1 unspecified atom stereocenters. The van der Waals surface area contributed by atoms with Crippen molar-refractivity contribution >= 4 is 11.6 Å². The normalized spacial score (nSPS) is 24.4. The summed E-state index contributed by atoms with van der Waals surface area (Å²) >= 11 is 6.31. The van der Waals surface area contributed by atoms with Crippen molar-refractivity contribution in [2.45, 2.75) is 45.4 Å². The van der Waals surface area contributed by atoms with E-state index in [1.54, 1.807) is 0 Å². The summed E-state index contributed by atoms with van der Waals surface area (Å²) in [6, 6.07) is 6.16. The summed E-state index contributed by atoms with van der Waals surface area (Å²) in [7, 11) is 0. The molecule has 1 aromatic rings. The molecule has 0 spiro atoms. The number of rotatable bonds is 5. The van der Waals surface area contributed by atoms with Gasteiger partial charge in [-0.2, -0.15) is 0 Å². The third-order valence-electron chi connectivity index (χ3n) is 4.57. The fourth-order valence-corrected chi connectivity index (χ4v) is 3.55. The van der Waals surface area contributed by atoms with Crippen LogP contribution in [0.25, 0.3) is 0 Å². The van der Waals surface area contributed by atoms with Gasteiger partial charge in [0, 0.05) is 0 Å². The van der Waals surface area contributed by atoms with Crippen LogP contribution in [0.15, 0.2) is 18.2 Å². The second-order valence-electron chi connectivity index (χ2n) is 5.99. The van der Waals surface area contributed by atoms with E-state index in [1.807, 2.05) is 19.1 Å². The number of halogens is 1. The predicted octanol–water partition coefficient (Wildman–Crippen LogP) is 4.61. The Bertz CT molecular complexity index is 427. The van der Waals surface area contributed by atoms with Gasteiger partial charge in [0.05, 0.1) is 11.6 Å². The lowest BCUT2D eigenvalue weighted by atomic mass is 9.74. The van der Waals surface area contributed by atoms with Crippen molar-refractivity contribution in [3.05, 3.63) is 28.8 Å². The van der Waals surface area contributed by atoms with E-state index in [-0.39, 0.29) is 0 Å². The Balaban J connectivity index is 2.13. The van der Waals surface area contributed by atoms with Crippen LogP contribution in [0.2, 0.25) is 5.02 Å². The molecule has 1 atom stereocenters. The molecule has 3 heteroatoms. The Kier molecular flexibility index (Phi) is 5.74. The summed E-state index contributed by atoms with van der Waals surface area (Å²) in [5.41, 5.74) is 7.31. The van der Waals surface area contributed by atoms with E-state index in [4.69, 9.17) is 22.1 Å². The van der Waals surface area contributed by atoms with Gasteiger partial charge in [0.25, 0.3) is 0 Å². The Morgan fingerprint density at radius 1 is 1.30 bits per heavy atom. The molecule has 1 aromatic carbocycles. The molecule has 1 fully saturated rings. The number of hydrogen-bond donors (Lipinski definition) is 1. The van der Waals surface area contributed by atoms with Crippen LogP contribution in [0.3, 0.4) is 0 Å². The minimum absolute atomic E-state index is 0.427. The molecule has 0 saturated heterocycles. The lowest BCUT2D eigenvalue weighted by Gasteiger charge is -2.32. The van der Waals surface area contributed by atoms with Gasteiger partial charge in [-0.3, -0.25) is 0 Å². The van der Waals surface area contributed by atoms with Crippen molar-refractivity contribution in [2.24, 2.45) is 17.6 Å². The van der Waals surface area contributed by atoms with Crippen LogP contribution < -0.4 is 10.5 Å². The molecule has 1 saturated carbocycles. The van der Waals surface area contributed by atoms with Gasteiger partial charge in [-0.15, -0.1) is 0 Å². The molecule has 0 bridgehead atoms. The van der Waals surface area contributed by atoms with Crippen molar-refractivity contribution in [1.82, 2.24) is 0 Å². The zero-order chi connectivity index (χ0) is 14.5. The Morgan fingerprint density at radius 3 is 2.55 bits per heavy atom. The molecule has 112 valence electrons. The summed E-state index contributed by atoms with van der Waals surface area (Å²) in [6.07, 6.45) is 5.22. The molecule has 2 rings (SSSR count). The van der Waals surface area contributed by atoms with Gasteiger partial charge >= 0.3 is 0 Å². The van der Waals surface area contributed by atoms with Crippen LogP contribution >= 0.6 is 11.6 Å². The van der Waals surface area contributed by atoms with Crippen LogP contribution in [-0.4, -0.2) is 13.2 Å². The molecule has 2 nitrogen and oxygen atoms in total. The van der Waals surface area contributed by atoms with Crippen molar-refractivity contribution in [1.29, 1.82) is 0 Å². The predicted molar refractivity (Wildman–Crippen MR) is 85.5 cm³/mol. The third-order valence-corrected chi connectivity index (χ3v) is 4.86. The first-order valence-corrected chi connectivity index (χ1v) is 8.15. The molecule has 20 heavy (non-hydrogen) atoms. The van der Waals surface area contributed by atoms with Gasteiger partial charge in [0.2, 0.25) is 0 Å². The van der Waals surface area contributed by atoms with E-state index >= 15 is 0 Å². The van der Waals surface area contributed by atoms with E-state index in [0.717, 1.165) is 11.7 Å². The third kappa shape index (κ3) is 3.67. The molecule has 0 aromatic heterocycles. The van der Waals surface area contributed by atoms with E-state index in [9.17, 15) is 0 Å². The molecule has 2 N–H and O–H groups in total. The second-order valence-corrected chi connectivity index (χ2v) is 6.39. The topological polar surface area (TPSA) is 35.2 Å². The lowest BCUT2D eigenvalue weighted by Crippen LogP contribution is -2.25. The maximum absolute atomic E-state index is 6.31. The largest absolute Gasteiger partial charge is 0.492 e. The lowest BCUT2D eigenvalue weighted by molar-refractivity contribution is 0.256. The number of nitrogens with two attached hydrogens (primary N) is 1. The van der Waals surface area contributed by atoms with Gasteiger partial charge in [-0.25, -0.2) is 0 Å². The smallest absolute Gasteiger partial charge is 0.137 e. The first-order chi connectivity index (χ1) is 9.65. The molecule has 0 amide bonds.